The van der Waals surface area contributed by atoms with E-state index in [1.54, 1.807) is 0 Å². The normalized spacial score (nSPS) is 25.0. The van der Waals surface area contributed by atoms with E-state index in [1.807, 2.05) is 0 Å². The van der Waals surface area contributed by atoms with Crippen LogP contribution in [0.25, 0.3) is 0 Å². The Labute approximate surface area is 112 Å². The summed E-state index contributed by atoms with van der Waals surface area (Å²) < 4.78 is 11.3. The van der Waals surface area contributed by atoms with Gasteiger partial charge in [-0.15, -0.1) is 0 Å². The molecule has 18 heavy (non-hydrogen) atoms. The summed E-state index contributed by atoms with van der Waals surface area (Å²) in [5.41, 5.74) is 2.87. The van der Waals surface area contributed by atoms with E-state index >= 15 is 0 Å². The molecule has 1 saturated heterocycles. The monoisotopic (exact) mass is 252 g/mol. The van der Waals surface area contributed by atoms with E-state index in [1.165, 1.54) is 11.1 Å². The Balaban J connectivity index is 2.16. The molecule has 0 aromatic rings. The molecule has 1 heterocycles. The largest absolute Gasteiger partial charge is 0.353 e. The molecule has 0 saturated carbocycles. The fourth-order valence-corrected chi connectivity index (χ4v) is 2.04. The summed E-state index contributed by atoms with van der Waals surface area (Å²) in [7, 11) is 0. The van der Waals surface area contributed by atoms with E-state index in [2.05, 4.69) is 39.8 Å². The Morgan fingerprint density at radius 1 is 1.17 bits per heavy atom. The number of rotatable bonds is 6. The van der Waals surface area contributed by atoms with Gasteiger partial charge < -0.3 is 9.47 Å². The van der Waals surface area contributed by atoms with Crippen molar-refractivity contribution in [2.75, 3.05) is 6.61 Å². The van der Waals surface area contributed by atoms with Crippen LogP contribution in [0.5, 0.6) is 0 Å². The van der Waals surface area contributed by atoms with E-state index < -0.39 is 0 Å². The Morgan fingerprint density at radius 2 is 1.94 bits per heavy atom. The van der Waals surface area contributed by atoms with Gasteiger partial charge in [-0.05, 0) is 53.4 Å². The zero-order chi connectivity index (χ0) is 13.4. The highest BCUT2D eigenvalue weighted by Crippen LogP contribution is 2.17. The molecular weight excluding hydrogens is 224 g/mol. The zero-order valence-electron chi connectivity index (χ0n) is 12.4. The maximum Gasteiger partial charge on any atom is 0.158 e. The quantitative estimate of drug-likeness (QED) is 0.643. The number of hydrogen-bond acceptors (Lipinski definition) is 2. The van der Waals surface area contributed by atoms with E-state index in [0.29, 0.717) is 6.10 Å². The summed E-state index contributed by atoms with van der Waals surface area (Å²) in [4.78, 5) is 0. The van der Waals surface area contributed by atoms with Gasteiger partial charge in [-0.1, -0.05) is 23.3 Å². The Morgan fingerprint density at radius 3 is 2.61 bits per heavy atom. The van der Waals surface area contributed by atoms with Crippen molar-refractivity contribution in [1.29, 1.82) is 0 Å². The smallest absolute Gasteiger partial charge is 0.158 e. The summed E-state index contributed by atoms with van der Waals surface area (Å²) in [5, 5.41) is 0. The van der Waals surface area contributed by atoms with Crippen LogP contribution in [0.4, 0.5) is 0 Å². The van der Waals surface area contributed by atoms with Crippen molar-refractivity contribution in [3.63, 3.8) is 0 Å². The predicted molar refractivity (Wildman–Crippen MR) is 76.6 cm³/mol. The first-order chi connectivity index (χ1) is 8.58. The van der Waals surface area contributed by atoms with Crippen molar-refractivity contribution in [2.45, 2.75) is 72.2 Å². The molecule has 0 aliphatic carbocycles. The molecular formula is C16H28O2. The molecule has 0 spiro atoms. The van der Waals surface area contributed by atoms with Crippen molar-refractivity contribution >= 4 is 0 Å². The van der Waals surface area contributed by atoms with Crippen LogP contribution < -0.4 is 0 Å². The second kappa shape index (κ2) is 8.49. The van der Waals surface area contributed by atoms with Crippen molar-refractivity contribution in [1.82, 2.24) is 0 Å². The fraction of sp³-hybridized carbons (Fsp3) is 0.750. The highest BCUT2D eigenvalue weighted by Gasteiger charge is 2.18. The molecule has 1 aliphatic rings. The third-order valence-electron chi connectivity index (χ3n) is 3.20. The molecule has 2 nitrogen and oxygen atoms in total. The molecule has 2 atom stereocenters. The molecule has 1 aliphatic heterocycles. The first kappa shape index (κ1) is 15.5. The molecule has 2 unspecified atom stereocenters. The minimum Gasteiger partial charge on any atom is -0.353 e. The molecule has 0 N–H and O–H groups in total. The van der Waals surface area contributed by atoms with Gasteiger partial charge in [0.05, 0.1) is 12.7 Å². The van der Waals surface area contributed by atoms with Crippen LogP contribution in [0.1, 0.15) is 59.8 Å². The molecule has 1 rings (SSSR count). The van der Waals surface area contributed by atoms with Crippen molar-refractivity contribution in [2.24, 2.45) is 0 Å². The lowest BCUT2D eigenvalue weighted by atomic mass is 10.1. The molecule has 104 valence electrons. The van der Waals surface area contributed by atoms with Gasteiger partial charge in [0.1, 0.15) is 0 Å². The van der Waals surface area contributed by atoms with Crippen LogP contribution >= 0.6 is 0 Å². The van der Waals surface area contributed by atoms with Gasteiger partial charge in [-0.25, -0.2) is 0 Å². The van der Waals surface area contributed by atoms with Crippen LogP contribution in [0.3, 0.4) is 0 Å². The summed E-state index contributed by atoms with van der Waals surface area (Å²) in [6.45, 7) is 9.48. The highest BCUT2D eigenvalue weighted by atomic mass is 16.7. The molecule has 0 radical (unpaired) electrons. The summed E-state index contributed by atoms with van der Waals surface area (Å²) >= 11 is 0. The molecule has 2 heteroatoms. The number of ether oxygens (including phenoxy) is 2. The van der Waals surface area contributed by atoms with Crippen LogP contribution in [0, 0.1) is 0 Å². The zero-order valence-corrected chi connectivity index (χ0v) is 12.4. The van der Waals surface area contributed by atoms with Crippen LogP contribution in [-0.2, 0) is 9.47 Å². The van der Waals surface area contributed by atoms with E-state index in [0.717, 1.165) is 38.7 Å². The average Bonchev–Trinajstić information content (AvgIpc) is 2.28. The third-order valence-corrected chi connectivity index (χ3v) is 3.20. The predicted octanol–water partition coefficient (Wildman–Crippen LogP) is 4.61. The third kappa shape index (κ3) is 6.97. The van der Waals surface area contributed by atoms with Crippen molar-refractivity contribution in [3.05, 3.63) is 23.3 Å². The van der Waals surface area contributed by atoms with Gasteiger partial charge in [0.25, 0.3) is 0 Å². The number of hydrogen-bond donors (Lipinski definition) is 0. The highest BCUT2D eigenvalue weighted by molar-refractivity contribution is 5.02. The SMILES string of the molecule is CC(C)=CCCC(C)=CCCC1OCCC(C)O1. The summed E-state index contributed by atoms with van der Waals surface area (Å²) in [6.07, 6.45) is 10.3. The second-order valence-electron chi connectivity index (χ2n) is 5.48. The lowest BCUT2D eigenvalue weighted by molar-refractivity contribution is -0.209. The van der Waals surface area contributed by atoms with E-state index in [4.69, 9.17) is 9.47 Å². The topological polar surface area (TPSA) is 18.5 Å². The molecule has 0 amide bonds. The second-order valence-corrected chi connectivity index (χ2v) is 5.48. The van der Waals surface area contributed by atoms with Crippen molar-refractivity contribution < 1.29 is 9.47 Å². The van der Waals surface area contributed by atoms with Gasteiger partial charge in [0.15, 0.2) is 6.29 Å². The fourth-order valence-electron chi connectivity index (χ4n) is 2.04. The maximum atomic E-state index is 5.72. The molecule has 0 aromatic heterocycles. The minimum atomic E-state index is 0.00980. The van der Waals surface area contributed by atoms with Gasteiger partial charge in [0.2, 0.25) is 0 Å². The summed E-state index contributed by atoms with van der Waals surface area (Å²) in [5.74, 6) is 0. The summed E-state index contributed by atoms with van der Waals surface area (Å²) in [6, 6.07) is 0. The van der Waals surface area contributed by atoms with Crippen LogP contribution in [-0.4, -0.2) is 19.0 Å². The van der Waals surface area contributed by atoms with Gasteiger partial charge in [-0.2, -0.15) is 0 Å². The lowest BCUT2D eigenvalue weighted by Crippen LogP contribution is -2.30. The standard InChI is InChI=1S/C16H28O2/c1-13(2)7-5-8-14(3)9-6-10-16-17-12-11-15(4)18-16/h7,9,15-16H,5-6,8,10-12H2,1-4H3. The Kier molecular flexibility index (Phi) is 7.29. The van der Waals surface area contributed by atoms with E-state index in [9.17, 15) is 0 Å². The minimum absolute atomic E-state index is 0.00980. The van der Waals surface area contributed by atoms with Crippen LogP contribution in [0.2, 0.25) is 0 Å². The average molecular weight is 252 g/mol. The van der Waals surface area contributed by atoms with Crippen LogP contribution in [0.15, 0.2) is 23.3 Å². The molecule has 0 bridgehead atoms. The Bertz CT molecular complexity index is 287. The van der Waals surface area contributed by atoms with Gasteiger partial charge in [-0.3, -0.25) is 0 Å². The number of allylic oxidation sites excluding steroid dienone is 4. The first-order valence-corrected chi connectivity index (χ1v) is 7.14. The molecule has 0 aromatic carbocycles. The molecule has 1 fully saturated rings. The lowest BCUT2D eigenvalue weighted by Gasteiger charge is -2.27. The first-order valence-electron chi connectivity index (χ1n) is 7.14. The maximum absolute atomic E-state index is 5.72. The van der Waals surface area contributed by atoms with E-state index in [-0.39, 0.29) is 6.29 Å². The Hall–Kier alpha value is -0.600. The van der Waals surface area contributed by atoms with Gasteiger partial charge >= 0.3 is 0 Å². The van der Waals surface area contributed by atoms with Crippen molar-refractivity contribution in [3.8, 4) is 0 Å². The van der Waals surface area contributed by atoms with Gasteiger partial charge in [0, 0.05) is 6.42 Å².